The summed E-state index contributed by atoms with van der Waals surface area (Å²) in [7, 11) is 1.91. The summed E-state index contributed by atoms with van der Waals surface area (Å²) in [5.41, 5.74) is 0.775. The topological polar surface area (TPSA) is 93.1 Å². The van der Waals surface area contributed by atoms with E-state index in [1.165, 1.54) is 58.9 Å². The summed E-state index contributed by atoms with van der Waals surface area (Å²) in [6.45, 7) is 0. The Morgan fingerprint density at radius 1 is 0.794 bits per heavy atom. The van der Waals surface area contributed by atoms with Crippen LogP contribution in [0.5, 0.6) is 23.0 Å². The number of rotatable bonds is 8. The van der Waals surface area contributed by atoms with Crippen LogP contribution in [0.25, 0.3) is 10.9 Å². The Kier molecular flexibility index (Phi) is 6.21. The summed E-state index contributed by atoms with van der Waals surface area (Å²) in [5, 5.41) is 0.428. The lowest BCUT2D eigenvalue weighted by Gasteiger charge is -2.13. The summed E-state index contributed by atoms with van der Waals surface area (Å²) in [6.07, 6.45) is 1.33. The van der Waals surface area contributed by atoms with Gasteiger partial charge >= 0.3 is 0 Å². The first-order valence-corrected chi connectivity index (χ1v) is 11.6. The van der Waals surface area contributed by atoms with E-state index in [0.717, 1.165) is 3.97 Å². The van der Waals surface area contributed by atoms with Crippen LogP contribution in [-0.4, -0.2) is 46.6 Å². The van der Waals surface area contributed by atoms with Gasteiger partial charge in [-0.1, -0.05) is 18.2 Å². The predicted molar refractivity (Wildman–Crippen MR) is 127 cm³/mol. The van der Waals surface area contributed by atoms with Crippen molar-refractivity contribution in [2.75, 3.05) is 28.4 Å². The fourth-order valence-electron chi connectivity index (χ4n) is 3.76. The van der Waals surface area contributed by atoms with Gasteiger partial charge in [0.15, 0.2) is 17.3 Å². The molecule has 1 aromatic heterocycles. The number of ether oxygens (including phenoxy) is 4. The molecule has 0 aliphatic heterocycles. The predicted octanol–water partition coefficient (Wildman–Crippen LogP) is 4.14. The normalized spacial score (nSPS) is 11.3. The lowest BCUT2D eigenvalue weighted by molar-refractivity contribution is 0.103. The summed E-state index contributed by atoms with van der Waals surface area (Å²) in [6, 6.07) is 16.0. The van der Waals surface area contributed by atoms with E-state index in [4.69, 9.17) is 18.9 Å². The Balaban J connectivity index is 1.96. The van der Waals surface area contributed by atoms with E-state index in [2.05, 4.69) is 0 Å². The minimum Gasteiger partial charge on any atom is -0.497 e. The highest BCUT2D eigenvalue weighted by Crippen LogP contribution is 2.39. The highest BCUT2D eigenvalue weighted by Gasteiger charge is 2.26. The first kappa shape index (κ1) is 23.2. The largest absolute Gasteiger partial charge is 0.497 e. The number of fused-ring (bicyclic) bond motifs is 1. The van der Waals surface area contributed by atoms with Crippen molar-refractivity contribution in [2.24, 2.45) is 0 Å². The van der Waals surface area contributed by atoms with Crippen LogP contribution in [0.15, 0.2) is 71.8 Å². The number of carbonyl (C=O) groups excluding carboxylic acids is 1. The van der Waals surface area contributed by atoms with Crippen LogP contribution < -0.4 is 18.9 Å². The van der Waals surface area contributed by atoms with Crippen molar-refractivity contribution in [1.82, 2.24) is 3.97 Å². The van der Waals surface area contributed by atoms with E-state index in [1.807, 2.05) is 0 Å². The van der Waals surface area contributed by atoms with Gasteiger partial charge < -0.3 is 18.9 Å². The molecule has 1 heterocycles. The summed E-state index contributed by atoms with van der Waals surface area (Å²) < 4.78 is 49.4. The van der Waals surface area contributed by atoms with Crippen molar-refractivity contribution < 1.29 is 32.2 Å². The van der Waals surface area contributed by atoms with E-state index in [1.54, 1.807) is 36.4 Å². The molecule has 0 saturated carbocycles. The lowest BCUT2D eigenvalue weighted by atomic mass is 10.0. The van der Waals surface area contributed by atoms with Gasteiger partial charge in [0.05, 0.1) is 38.9 Å². The average Bonchev–Trinajstić information content (AvgIpc) is 3.27. The number of hydrogen-bond acceptors (Lipinski definition) is 7. The number of hydrogen-bond donors (Lipinski definition) is 0. The second-order valence-corrected chi connectivity index (χ2v) is 9.10. The van der Waals surface area contributed by atoms with Crippen molar-refractivity contribution >= 4 is 26.7 Å². The van der Waals surface area contributed by atoms with E-state index in [-0.39, 0.29) is 16.0 Å². The highest BCUT2D eigenvalue weighted by atomic mass is 32.2. The Hall–Kier alpha value is -3.98. The second kappa shape index (κ2) is 9.11. The third kappa shape index (κ3) is 3.84. The van der Waals surface area contributed by atoms with Gasteiger partial charge in [-0.25, -0.2) is 12.4 Å². The zero-order valence-corrected chi connectivity index (χ0v) is 19.9. The molecule has 0 unspecified atom stereocenters. The van der Waals surface area contributed by atoms with Gasteiger partial charge in [0.25, 0.3) is 10.0 Å². The fraction of sp³-hybridized carbons (Fsp3) is 0.160. The molecule has 0 aliphatic carbocycles. The molecule has 4 aromatic rings. The monoisotopic (exact) mass is 481 g/mol. The molecule has 0 bridgehead atoms. The Morgan fingerprint density at radius 3 is 2.00 bits per heavy atom. The maximum absolute atomic E-state index is 13.7. The molecule has 34 heavy (non-hydrogen) atoms. The van der Waals surface area contributed by atoms with Gasteiger partial charge in [-0.2, -0.15) is 0 Å². The molecule has 0 N–H and O–H groups in total. The molecule has 0 spiro atoms. The van der Waals surface area contributed by atoms with Gasteiger partial charge in [0, 0.05) is 22.7 Å². The number of nitrogens with zero attached hydrogens (tertiary/aromatic N) is 1. The molecule has 0 amide bonds. The van der Waals surface area contributed by atoms with Crippen molar-refractivity contribution in [2.45, 2.75) is 4.90 Å². The molecule has 9 heteroatoms. The Bertz CT molecular complexity index is 1450. The third-order valence-electron chi connectivity index (χ3n) is 5.45. The number of carbonyl (C=O) groups is 1. The van der Waals surface area contributed by atoms with Crippen molar-refractivity contribution in [3.8, 4) is 23.0 Å². The second-order valence-electron chi connectivity index (χ2n) is 7.28. The van der Waals surface area contributed by atoms with Crippen LogP contribution in [-0.2, 0) is 10.0 Å². The zero-order chi connectivity index (χ0) is 24.5. The van der Waals surface area contributed by atoms with Crippen LogP contribution in [0.4, 0.5) is 0 Å². The van der Waals surface area contributed by atoms with Gasteiger partial charge in [-0.05, 0) is 42.5 Å². The van der Waals surface area contributed by atoms with E-state index < -0.39 is 15.8 Å². The molecular weight excluding hydrogens is 458 g/mol. The highest BCUT2D eigenvalue weighted by molar-refractivity contribution is 7.90. The summed E-state index contributed by atoms with van der Waals surface area (Å²) in [5.74, 6) is 1.03. The smallest absolute Gasteiger partial charge is 0.268 e. The molecule has 0 saturated heterocycles. The zero-order valence-electron chi connectivity index (χ0n) is 19.1. The molecule has 0 atom stereocenters. The minimum absolute atomic E-state index is 0.106. The van der Waals surface area contributed by atoms with Crippen LogP contribution >= 0.6 is 0 Å². The van der Waals surface area contributed by atoms with E-state index >= 15 is 0 Å². The molecule has 8 nitrogen and oxygen atoms in total. The number of aromatic nitrogens is 1. The van der Waals surface area contributed by atoms with E-state index in [0.29, 0.717) is 33.9 Å². The van der Waals surface area contributed by atoms with Gasteiger partial charge in [-0.3, -0.25) is 4.79 Å². The summed E-state index contributed by atoms with van der Waals surface area (Å²) in [4.78, 5) is 13.8. The Morgan fingerprint density at radius 2 is 1.44 bits per heavy atom. The number of ketones is 1. The average molecular weight is 482 g/mol. The molecular formula is C25H23NO7S. The quantitative estimate of drug-likeness (QED) is 0.349. The SMILES string of the molecule is COc1ccc2c(c1)c(C(=O)c1cc(OC)c(OC)c(OC)c1)cn2S(=O)(=O)c1ccccc1. The lowest BCUT2D eigenvalue weighted by Crippen LogP contribution is -2.12. The van der Waals surface area contributed by atoms with Gasteiger partial charge in [0.2, 0.25) is 5.75 Å². The number of benzene rings is 3. The van der Waals surface area contributed by atoms with Crippen LogP contribution in [0, 0.1) is 0 Å². The van der Waals surface area contributed by atoms with Crippen LogP contribution in [0.2, 0.25) is 0 Å². The molecule has 4 rings (SSSR count). The molecule has 3 aromatic carbocycles. The first-order chi connectivity index (χ1) is 16.3. The van der Waals surface area contributed by atoms with Gasteiger partial charge in [-0.15, -0.1) is 0 Å². The summed E-state index contributed by atoms with van der Waals surface area (Å²) >= 11 is 0. The Labute approximate surface area is 197 Å². The van der Waals surface area contributed by atoms with Crippen molar-refractivity contribution in [3.63, 3.8) is 0 Å². The first-order valence-electron chi connectivity index (χ1n) is 10.2. The van der Waals surface area contributed by atoms with Crippen molar-refractivity contribution in [1.29, 1.82) is 0 Å². The fourth-order valence-corrected chi connectivity index (χ4v) is 5.15. The standard InChI is InChI=1S/C25H23NO7S/c1-30-17-10-11-21-19(14-17)20(15-26(21)34(28,29)18-8-6-5-7-9-18)24(27)16-12-22(31-2)25(33-4)23(13-16)32-3/h5-15H,1-4H3. The molecule has 0 radical (unpaired) electrons. The maximum atomic E-state index is 13.7. The van der Waals surface area contributed by atoms with Gasteiger partial charge in [0.1, 0.15) is 5.75 Å². The van der Waals surface area contributed by atoms with Crippen LogP contribution in [0.3, 0.4) is 0 Å². The molecule has 0 fully saturated rings. The van der Waals surface area contributed by atoms with Crippen LogP contribution in [0.1, 0.15) is 15.9 Å². The van der Waals surface area contributed by atoms with Crippen molar-refractivity contribution in [3.05, 3.63) is 78.0 Å². The number of methoxy groups -OCH3 is 4. The molecule has 0 aliphatic rings. The molecule has 176 valence electrons. The maximum Gasteiger partial charge on any atom is 0.268 e. The van der Waals surface area contributed by atoms with E-state index in [9.17, 15) is 13.2 Å². The minimum atomic E-state index is -3.96. The third-order valence-corrected chi connectivity index (χ3v) is 7.14.